The summed E-state index contributed by atoms with van der Waals surface area (Å²) in [4.78, 5) is 26.1. The average molecular weight is 510 g/mol. The molecule has 1 saturated heterocycles. The van der Waals surface area contributed by atoms with Gasteiger partial charge in [0, 0.05) is 72.4 Å². The minimum absolute atomic E-state index is 0.178. The third kappa shape index (κ3) is 5.22. The Hall–Kier alpha value is -2.48. The fraction of sp³-hybridized carbons (Fsp3) is 0.407. The quantitative estimate of drug-likeness (QED) is 0.450. The maximum Gasteiger partial charge on any atom is 0.231 e. The zero-order valence-corrected chi connectivity index (χ0v) is 21.8. The van der Waals surface area contributed by atoms with E-state index >= 15 is 0 Å². The lowest BCUT2D eigenvalue weighted by Crippen LogP contribution is -2.51. The van der Waals surface area contributed by atoms with Gasteiger partial charge in [-0.05, 0) is 35.6 Å². The molecule has 1 amide bonds. The van der Waals surface area contributed by atoms with Gasteiger partial charge in [0.15, 0.2) is 0 Å². The van der Waals surface area contributed by atoms with Crippen molar-refractivity contribution in [3.05, 3.63) is 70.4 Å². The van der Waals surface area contributed by atoms with Crippen molar-refractivity contribution >= 4 is 46.0 Å². The van der Waals surface area contributed by atoms with Gasteiger partial charge in [0.25, 0.3) is 0 Å². The highest BCUT2D eigenvalue weighted by molar-refractivity contribution is 8.02. The van der Waals surface area contributed by atoms with Crippen molar-refractivity contribution in [3.63, 3.8) is 0 Å². The fourth-order valence-electron chi connectivity index (χ4n) is 4.95. The van der Waals surface area contributed by atoms with E-state index < -0.39 is 0 Å². The molecule has 184 valence electrons. The zero-order chi connectivity index (χ0) is 24.4. The van der Waals surface area contributed by atoms with Crippen LogP contribution in [0.1, 0.15) is 42.6 Å². The number of carbonyl (C=O) groups excluding carboxylic acids is 1. The highest BCUT2D eigenvalue weighted by atomic mass is 35.5. The Morgan fingerprint density at radius 3 is 2.66 bits per heavy atom. The summed E-state index contributed by atoms with van der Waals surface area (Å²) in [5.41, 5.74) is 4.47. The van der Waals surface area contributed by atoms with Crippen LogP contribution in [0.5, 0.6) is 0 Å². The molecule has 2 N–H and O–H groups in total. The van der Waals surface area contributed by atoms with Gasteiger partial charge in [-0.25, -0.2) is 4.98 Å². The molecular formula is C27H32ClN5OS. The van der Waals surface area contributed by atoms with Crippen molar-refractivity contribution in [1.82, 2.24) is 20.2 Å². The molecule has 4 heterocycles. The fourth-order valence-corrected chi connectivity index (χ4v) is 6.03. The molecule has 35 heavy (non-hydrogen) atoms. The first-order chi connectivity index (χ1) is 17.0. The van der Waals surface area contributed by atoms with Gasteiger partial charge in [-0.2, -0.15) is 0 Å². The molecular weight excluding hydrogens is 478 g/mol. The second kappa shape index (κ2) is 10.6. The van der Waals surface area contributed by atoms with Crippen LogP contribution in [0.4, 0.5) is 5.69 Å². The molecule has 3 aromatic rings. The van der Waals surface area contributed by atoms with E-state index in [1.54, 1.807) is 0 Å². The van der Waals surface area contributed by atoms with E-state index in [2.05, 4.69) is 51.6 Å². The van der Waals surface area contributed by atoms with Crippen LogP contribution in [0, 0.1) is 0 Å². The van der Waals surface area contributed by atoms with E-state index in [0.29, 0.717) is 35.9 Å². The summed E-state index contributed by atoms with van der Waals surface area (Å²) in [6.07, 6.45) is 7.26. The second-order valence-electron chi connectivity index (χ2n) is 9.51. The largest absolute Gasteiger partial charge is 0.367 e. The van der Waals surface area contributed by atoms with Gasteiger partial charge in [-0.3, -0.25) is 4.79 Å². The summed E-state index contributed by atoms with van der Waals surface area (Å²) in [6, 6.07) is 10.1. The molecule has 2 aliphatic rings. The third-order valence-corrected chi connectivity index (χ3v) is 8.21. The summed E-state index contributed by atoms with van der Waals surface area (Å²) in [7, 11) is 0. The maximum atomic E-state index is 13.7. The zero-order valence-electron chi connectivity index (χ0n) is 20.2. The number of benzene rings is 1. The number of hydrogen-bond donors (Lipinski definition) is 2. The molecule has 2 atom stereocenters. The van der Waals surface area contributed by atoms with Gasteiger partial charge in [-0.1, -0.05) is 43.7 Å². The summed E-state index contributed by atoms with van der Waals surface area (Å²) < 4.78 is 0. The van der Waals surface area contributed by atoms with Gasteiger partial charge < -0.3 is 20.1 Å². The number of nitrogens with one attached hydrogen (secondary N) is 2. The molecule has 0 spiro atoms. The van der Waals surface area contributed by atoms with Crippen molar-refractivity contribution in [2.75, 3.05) is 37.6 Å². The van der Waals surface area contributed by atoms with Crippen LogP contribution in [-0.4, -0.2) is 59.5 Å². The molecule has 0 bridgehead atoms. The first-order valence-corrected chi connectivity index (χ1v) is 13.6. The Labute approximate surface area is 216 Å². The van der Waals surface area contributed by atoms with E-state index in [1.807, 2.05) is 53.3 Å². The number of hydrogen-bond acceptors (Lipinski definition) is 5. The van der Waals surface area contributed by atoms with Gasteiger partial charge in [0.05, 0.1) is 11.6 Å². The lowest BCUT2D eigenvalue weighted by Gasteiger charge is -2.39. The number of H-pyrrole nitrogens is 1. The number of anilines is 1. The average Bonchev–Trinajstić information content (AvgIpc) is 3.57. The van der Waals surface area contributed by atoms with E-state index in [-0.39, 0.29) is 11.8 Å². The lowest BCUT2D eigenvalue weighted by molar-refractivity contribution is -0.133. The van der Waals surface area contributed by atoms with Crippen molar-refractivity contribution in [3.8, 4) is 0 Å². The first kappa shape index (κ1) is 24.2. The third-order valence-electron chi connectivity index (χ3n) is 6.83. The normalized spacial score (nSPS) is 19.1. The number of aromatic nitrogens is 2. The number of carbonyl (C=O) groups is 1. The number of allylic oxidation sites excluding steroid dienone is 1. The number of fused-ring (bicyclic) bond motifs is 1. The summed E-state index contributed by atoms with van der Waals surface area (Å²) in [6.45, 7) is 7.84. The highest BCUT2D eigenvalue weighted by Crippen LogP contribution is 2.44. The highest BCUT2D eigenvalue weighted by Gasteiger charge is 2.31. The van der Waals surface area contributed by atoms with E-state index in [4.69, 9.17) is 11.6 Å². The predicted octanol–water partition coefficient (Wildman–Crippen LogP) is 5.34. The SMILES string of the molecule is CC(C)NC[C@@H](C(=O)N1CCN(c2c(C3CC=CS3)cnc3[nH]ccc23)CC1)c1ccc(Cl)cc1. The number of pyridine rings is 1. The summed E-state index contributed by atoms with van der Waals surface area (Å²) in [5.74, 6) is -0.0486. The Balaban J connectivity index is 1.34. The van der Waals surface area contributed by atoms with Gasteiger partial charge in [-0.15, -0.1) is 11.8 Å². The monoisotopic (exact) mass is 509 g/mol. The molecule has 1 fully saturated rings. The van der Waals surface area contributed by atoms with Crippen LogP contribution in [0.25, 0.3) is 11.0 Å². The molecule has 1 aromatic carbocycles. The van der Waals surface area contributed by atoms with Gasteiger partial charge in [0.2, 0.25) is 5.91 Å². The van der Waals surface area contributed by atoms with Gasteiger partial charge >= 0.3 is 0 Å². The Kier molecular flexibility index (Phi) is 7.37. The summed E-state index contributed by atoms with van der Waals surface area (Å²) >= 11 is 7.97. The topological polar surface area (TPSA) is 64.3 Å². The maximum absolute atomic E-state index is 13.7. The molecule has 8 heteroatoms. The van der Waals surface area contributed by atoms with E-state index in [9.17, 15) is 4.79 Å². The van der Waals surface area contributed by atoms with Crippen LogP contribution >= 0.6 is 23.4 Å². The van der Waals surface area contributed by atoms with Crippen LogP contribution in [0.2, 0.25) is 5.02 Å². The Bertz CT molecular complexity index is 1190. The predicted molar refractivity (Wildman–Crippen MR) is 146 cm³/mol. The second-order valence-corrected chi connectivity index (χ2v) is 11.1. The van der Waals surface area contributed by atoms with Crippen molar-refractivity contribution in [1.29, 1.82) is 0 Å². The molecule has 1 unspecified atom stereocenters. The minimum atomic E-state index is -0.227. The van der Waals surface area contributed by atoms with Crippen molar-refractivity contribution in [2.45, 2.75) is 37.5 Å². The molecule has 6 nitrogen and oxygen atoms in total. The van der Waals surface area contributed by atoms with Crippen LogP contribution in [-0.2, 0) is 4.79 Å². The van der Waals surface area contributed by atoms with Crippen molar-refractivity contribution < 1.29 is 4.79 Å². The number of thioether (sulfide) groups is 1. The minimum Gasteiger partial charge on any atom is -0.367 e. The smallest absolute Gasteiger partial charge is 0.231 e. The lowest BCUT2D eigenvalue weighted by atomic mass is 9.96. The van der Waals surface area contributed by atoms with E-state index in [1.165, 1.54) is 11.3 Å². The molecule has 2 aromatic heterocycles. The van der Waals surface area contributed by atoms with Crippen LogP contribution in [0.15, 0.2) is 54.2 Å². The number of aromatic amines is 1. The standard InChI is InChI=1S/C27H32ClN5OS/c1-18(2)30-16-22(19-5-7-20(28)8-6-19)27(34)33-13-11-32(12-14-33)25-21-9-10-29-26(21)31-17-23(25)24-4-3-15-35-24/h3,5-10,15,17-18,22,24,30H,4,11-14,16H2,1-2H3,(H,29,31)/t22-,24?/m1/s1. The molecule has 5 rings (SSSR count). The summed E-state index contributed by atoms with van der Waals surface area (Å²) in [5, 5.41) is 7.89. The number of amides is 1. The number of halogens is 1. The Morgan fingerprint density at radius 1 is 1.20 bits per heavy atom. The van der Waals surface area contributed by atoms with Gasteiger partial charge in [0.1, 0.15) is 5.65 Å². The molecule has 0 radical (unpaired) electrons. The number of rotatable bonds is 7. The number of piperazine rings is 1. The molecule has 0 saturated carbocycles. The Morgan fingerprint density at radius 2 is 1.97 bits per heavy atom. The van der Waals surface area contributed by atoms with E-state index in [0.717, 1.165) is 36.1 Å². The molecule has 0 aliphatic carbocycles. The number of nitrogens with zero attached hydrogens (tertiary/aromatic N) is 3. The van der Waals surface area contributed by atoms with Crippen molar-refractivity contribution in [2.24, 2.45) is 0 Å². The first-order valence-electron chi connectivity index (χ1n) is 12.3. The van der Waals surface area contributed by atoms with Crippen LogP contribution < -0.4 is 10.2 Å². The van der Waals surface area contributed by atoms with Crippen LogP contribution in [0.3, 0.4) is 0 Å². The molecule has 2 aliphatic heterocycles.